The molecule has 0 spiro atoms. The van der Waals surface area contributed by atoms with Gasteiger partial charge in [0, 0.05) is 31.3 Å². The molecular formula is C30H28F2N6O2. The number of aromatic nitrogens is 5. The predicted octanol–water partition coefficient (Wildman–Crippen LogP) is 4.58. The smallest absolute Gasteiger partial charge is 0.329 e. The number of likely N-dealkylation sites (tertiary alicyclic amines) is 1. The Bertz CT molecular complexity index is 1760. The Labute approximate surface area is 229 Å². The second-order valence-electron chi connectivity index (χ2n) is 10.5. The fraction of sp³-hybridized carbons (Fsp3) is 0.267. The number of carbonyl (C=O) groups excluding carboxylic acids is 1. The van der Waals surface area contributed by atoms with E-state index in [0.29, 0.717) is 48.7 Å². The molecule has 0 bridgehead atoms. The fourth-order valence-electron chi connectivity index (χ4n) is 5.49. The maximum absolute atomic E-state index is 13.6. The van der Waals surface area contributed by atoms with Gasteiger partial charge in [0.05, 0.1) is 16.6 Å². The molecule has 0 atom stereocenters. The first-order valence-corrected chi connectivity index (χ1v) is 13.1. The Kier molecular flexibility index (Phi) is 6.32. The largest absolute Gasteiger partial charge is 0.341 e. The monoisotopic (exact) mass is 542 g/mol. The molecule has 2 aromatic heterocycles. The number of hydrogen-bond acceptors (Lipinski definition) is 4. The molecule has 10 heteroatoms. The van der Waals surface area contributed by atoms with Crippen LogP contribution in [0.1, 0.15) is 19.8 Å². The summed E-state index contributed by atoms with van der Waals surface area (Å²) in [5.41, 5.74) is 2.47. The summed E-state index contributed by atoms with van der Waals surface area (Å²) in [5.74, 6) is -0.136. The number of benzene rings is 3. The van der Waals surface area contributed by atoms with Crippen LogP contribution in [0.25, 0.3) is 33.8 Å². The zero-order valence-electron chi connectivity index (χ0n) is 22.2. The number of imidazole rings is 1. The van der Waals surface area contributed by atoms with Crippen molar-refractivity contribution in [3.8, 4) is 22.8 Å². The highest BCUT2D eigenvalue weighted by atomic mass is 19.1. The molecule has 0 radical (unpaired) electrons. The van der Waals surface area contributed by atoms with Gasteiger partial charge in [0.15, 0.2) is 11.6 Å². The van der Waals surface area contributed by atoms with Crippen LogP contribution >= 0.6 is 0 Å². The number of aryl methyl sites for hydroxylation is 1. The number of piperidine rings is 1. The van der Waals surface area contributed by atoms with Crippen LogP contribution in [0.4, 0.5) is 8.78 Å². The fourth-order valence-corrected chi connectivity index (χ4v) is 5.49. The molecule has 1 aliphatic rings. The third-order valence-electron chi connectivity index (χ3n) is 7.86. The SMILES string of the molecule is Cn1c(=O)n(C2(C)CCN(C(=O)Cn3nc(-c4ccc(F)cc4)nc3-c3ccc(F)cc3)CC2)c2ccccc21. The van der Waals surface area contributed by atoms with Crippen molar-refractivity contribution in [1.82, 2.24) is 28.8 Å². The number of halogens is 2. The molecule has 0 unspecified atom stereocenters. The van der Waals surface area contributed by atoms with E-state index in [1.807, 2.05) is 28.8 Å². The number of amides is 1. The summed E-state index contributed by atoms with van der Waals surface area (Å²) in [7, 11) is 1.78. The molecule has 1 aliphatic heterocycles. The molecule has 0 aliphatic carbocycles. The van der Waals surface area contributed by atoms with E-state index in [0.717, 1.165) is 11.0 Å². The van der Waals surface area contributed by atoms with Crippen LogP contribution in [-0.4, -0.2) is 47.8 Å². The van der Waals surface area contributed by atoms with Gasteiger partial charge in [-0.25, -0.2) is 23.2 Å². The van der Waals surface area contributed by atoms with Crippen LogP contribution in [0.15, 0.2) is 77.6 Å². The molecule has 0 saturated carbocycles. The van der Waals surface area contributed by atoms with Crippen LogP contribution in [0.3, 0.4) is 0 Å². The molecule has 5 aromatic rings. The van der Waals surface area contributed by atoms with Crippen LogP contribution in [0, 0.1) is 11.6 Å². The summed E-state index contributed by atoms with van der Waals surface area (Å²) < 4.78 is 32.1. The zero-order chi connectivity index (χ0) is 28.0. The van der Waals surface area contributed by atoms with Gasteiger partial charge in [0.1, 0.15) is 18.2 Å². The van der Waals surface area contributed by atoms with E-state index in [1.54, 1.807) is 40.8 Å². The first kappa shape index (κ1) is 25.7. The summed E-state index contributed by atoms with van der Waals surface area (Å²) in [6.45, 7) is 2.97. The van der Waals surface area contributed by atoms with Crippen LogP contribution in [0.2, 0.25) is 0 Å². The van der Waals surface area contributed by atoms with Crippen molar-refractivity contribution in [1.29, 1.82) is 0 Å². The average Bonchev–Trinajstić information content (AvgIpc) is 3.48. The molecule has 3 heterocycles. The number of rotatable bonds is 5. The third-order valence-corrected chi connectivity index (χ3v) is 7.86. The van der Waals surface area contributed by atoms with E-state index >= 15 is 0 Å². The van der Waals surface area contributed by atoms with Gasteiger partial charge in [-0.1, -0.05) is 12.1 Å². The van der Waals surface area contributed by atoms with Gasteiger partial charge in [0.2, 0.25) is 5.91 Å². The van der Waals surface area contributed by atoms with Gasteiger partial charge in [-0.2, -0.15) is 0 Å². The lowest BCUT2D eigenvalue weighted by atomic mass is 9.89. The Hall–Kier alpha value is -4.60. The van der Waals surface area contributed by atoms with E-state index in [2.05, 4.69) is 17.0 Å². The Balaban J connectivity index is 1.25. The highest BCUT2D eigenvalue weighted by molar-refractivity contribution is 5.78. The first-order chi connectivity index (χ1) is 19.2. The van der Waals surface area contributed by atoms with E-state index in [4.69, 9.17) is 0 Å². The zero-order valence-corrected chi connectivity index (χ0v) is 22.2. The maximum atomic E-state index is 13.6. The van der Waals surface area contributed by atoms with E-state index in [-0.39, 0.29) is 29.8 Å². The second-order valence-corrected chi connectivity index (χ2v) is 10.5. The number of hydrogen-bond donors (Lipinski definition) is 0. The molecule has 1 saturated heterocycles. The van der Waals surface area contributed by atoms with E-state index < -0.39 is 5.54 Å². The summed E-state index contributed by atoms with van der Waals surface area (Å²) in [5, 5.41) is 4.56. The van der Waals surface area contributed by atoms with Crippen LogP contribution < -0.4 is 5.69 Å². The Morgan fingerprint density at radius 2 is 1.45 bits per heavy atom. The number of nitrogens with zero attached hydrogens (tertiary/aromatic N) is 6. The summed E-state index contributed by atoms with van der Waals surface area (Å²) in [4.78, 5) is 33.0. The normalized spacial score (nSPS) is 15.1. The molecule has 1 fully saturated rings. The molecule has 3 aromatic carbocycles. The molecule has 6 rings (SSSR count). The van der Waals surface area contributed by atoms with E-state index in [1.165, 1.54) is 28.9 Å². The first-order valence-electron chi connectivity index (χ1n) is 13.1. The number of para-hydroxylation sites is 2. The molecule has 40 heavy (non-hydrogen) atoms. The van der Waals surface area contributed by atoms with Crippen molar-refractivity contribution < 1.29 is 13.6 Å². The highest BCUT2D eigenvalue weighted by Crippen LogP contribution is 2.32. The van der Waals surface area contributed by atoms with Crippen molar-refractivity contribution in [3.63, 3.8) is 0 Å². The predicted molar refractivity (Wildman–Crippen MR) is 147 cm³/mol. The highest BCUT2D eigenvalue weighted by Gasteiger charge is 2.36. The Morgan fingerprint density at radius 3 is 2.08 bits per heavy atom. The molecule has 0 N–H and O–H groups in total. The van der Waals surface area contributed by atoms with Crippen molar-refractivity contribution in [3.05, 3.63) is 94.9 Å². The average molecular weight is 543 g/mol. The number of carbonyl (C=O) groups is 1. The quantitative estimate of drug-likeness (QED) is 0.326. The van der Waals surface area contributed by atoms with Gasteiger partial charge < -0.3 is 4.90 Å². The maximum Gasteiger partial charge on any atom is 0.329 e. The van der Waals surface area contributed by atoms with Gasteiger partial charge in [0.25, 0.3) is 0 Å². The minimum Gasteiger partial charge on any atom is -0.341 e. The molecule has 8 nitrogen and oxygen atoms in total. The standard InChI is InChI=1S/C30H28F2N6O2/c1-30(38-25-6-4-3-5-24(25)35(2)29(38)40)15-17-36(18-16-30)26(39)19-37-28(21-9-13-23(32)14-10-21)33-27(34-37)20-7-11-22(31)12-8-20/h3-14H,15-19H2,1-2H3. The van der Waals surface area contributed by atoms with Gasteiger partial charge in [-0.05, 0) is 80.4 Å². The lowest BCUT2D eigenvalue weighted by Gasteiger charge is -2.40. The van der Waals surface area contributed by atoms with Gasteiger partial charge in [-0.3, -0.25) is 13.9 Å². The molecule has 1 amide bonds. The van der Waals surface area contributed by atoms with Crippen molar-refractivity contribution >= 4 is 16.9 Å². The third kappa shape index (κ3) is 4.49. The summed E-state index contributed by atoms with van der Waals surface area (Å²) in [6.07, 6.45) is 1.24. The van der Waals surface area contributed by atoms with Crippen LogP contribution in [-0.2, 0) is 23.9 Å². The minimum atomic E-state index is -0.434. The van der Waals surface area contributed by atoms with E-state index in [9.17, 15) is 18.4 Å². The second kappa shape index (κ2) is 9.86. The Morgan fingerprint density at radius 1 is 0.875 bits per heavy atom. The van der Waals surface area contributed by atoms with Crippen LogP contribution in [0.5, 0.6) is 0 Å². The molecular weight excluding hydrogens is 514 g/mol. The van der Waals surface area contributed by atoms with Crippen molar-refractivity contribution in [2.75, 3.05) is 13.1 Å². The summed E-state index contributed by atoms with van der Waals surface area (Å²) in [6, 6.07) is 19.4. The lowest BCUT2D eigenvalue weighted by molar-refractivity contribution is -0.134. The van der Waals surface area contributed by atoms with Gasteiger partial charge in [-0.15, -0.1) is 5.10 Å². The van der Waals surface area contributed by atoms with Crippen molar-refractivity contribution in [2.45, 2.75) is 31.8 Å². The molecule has 204 valence electrons. The minimum absolute atomic E-state index is 0.0637. The summed E-state index contributed by atoms with van der Waals surface area (Å²) >= 11 is 0. The lowest BCUT2D eigenvalue weighted by Crippen LogP contribution is -2.50. The topological polar surface area (TPSA) is 78.0 Å². The van der Waals surface area contributed by atoms with Gasteiger partial charge >= 0.3 is 5.69 Å². The number of fused-ring (bicyclic) bond motifs is 1. The van der Waals surface area contributed by atoms with Crippen molar-refractivity contribution in [2.24, 2.45) is 7.05 Å².